The van der Waals surface area contributed by atoms with Crippen LogP contribution in [0.4, 0.5) is 0 Å². The maximum Gasteiger partial charge on any atom is 0.351 e. The number of hydrogen-bond acceptors (Lipinski definition) is 7. The number of aromatic hydroxyl groups is 2. The van der Waals surface area contributed by atoms with Gasteiger partial charge in [-0.15, -0.1) is 0 Å². The summed E-state index contributed by atoms with van der Waals surface area (Å²) in [4.78, 5) is 28.4. The van der Waals surface area contributed by atoms with Crippen molar-refractivity contribution in [3.8, 4) is 17.4 Å². The molecule has 0 saturated carbocycles. The van der Waals surface area contributed by atoms with Gasteiger partial charge in [0.05, 0.1) is 12.3 Å². The Bertz CT molecular complexity index is 886. The van der Waals surface area contributed by atoms with E-state index >= 15 is 0 Å². The largest absolute Gasteiger partial charge is 0.506 e. The lowest BCUT2D eigenvalue weighted by Gasteiger charge is -2.10. The van der Waals surface area contributed by atoms with Crippen LogP contribution in [-0.4, -0.2) is 34.9 Å². The molecule has 0 spiro atoms. The lowest BCUT2D eigenvalue weighted by molar-refractivity contribution is 0.0976. The van der Waals surface area contributed by atoms with Gasteiger partial charge in [-0.2, -0.15) is 0 Å². The molecule has 1 aromatic heterocycles. The van der Waals surface area contributed by atoms with E-state index in [9.17, 15) is 19.8 Å². The van der Waals surface area contributed by atoms with Crippen LogP contribution in [-0.2, 0) is 0 Å². The molecule has 1 aromatic carbocycles. The Hall–Kier alpha value is -3.09. The van der Waals surface area contributed by atoms with Gasteiger partial charge in [-0.1, -0.05) is 32.0 Å². The van der Waals surface area contributed by atoms with Crippen LogP contribution in [0, 0.1) is 0 Å². The van der Waals surface area contributed by atoms with Gasteiger partial charge >= 0.3 is 5.63 Å². The number of unbranched alkanes of at least 4 members (excludes halogenated alkanes) is 1. The summed E-state index contributed by atoms with van der Waals surface area (Å²) in [5.41, 5.74) is -1.14. The fourth-order valence-corrected chi connectivity index (χ4v) is 2.70. The zero-order valence-corrected chi connectivity index (χ0v) is 16.1. The summed E-state index contributed by atoms with van der Waals surface area (Å²) in [5, 5.41) is 20.1. The highest BCUT2D eigenvalue weighted by molar-refractivity contribution is 6.07. The topological polar surface area (TPSA) is 109 Å². The fourth-order valence-electron chi connectivity index (χ4n) is 2.70. The third kappa shape index (κ3) is 5.22. The lowest BCUT2D eigenvalue weighted by atomic mass is 10.0. The number of carbonyl (C=O) groups is 1. The molecule has 0 aliphatic rings. The second-order valence-electron chi connectivity index (χ2n) is 6.12. The van der Waals surface area contributed by atoms with Crippen molar-refractivity contribution in [3.05, 3.63) is 51.9 Å². The van der Waals surface area contributed by atoms with Crippen molar-refractivity contribution in [2.24, 2.45) is 4.99 Å². The summed E-state index contributed by atoms with van der Waals surface area (Å²) in [5.74, 6) is -1.16. The van der Waals surface area contributed by atoms with Crippen LogP contribution in [0.25, 0.3) is 0 Å². The van der Waals surface area contributed by atoms with Gasteiger partial charge in [0.2, 0.25) is 0 Å². The van der Waals surface area contributed by atoms with Gasteiger partial charge in [0.25, 0.3) is 5.95 Å². The number of nitrogens with zero attached hydrogens (tertiary/aromatic N) is 1. The molecule has 0 fully saturated rings. The molecule has 0 saturated heterocycles. The van der Waals surface area contributed by atoms with Gasteiger partial charge < -0.3 is 19.4 Å². The van der Waals surface area contributed by atoms with E-state index in [1.165, 1.54) is 0 Å². The SMILES string of the molecule is CCC(=O)c1c(O)oc(=O)c(C(CC)=NCCCCOc2ccccc2)c1O. The average Bonchev–Trinajstić information content (AvgIpc) is 2.69. The quantitative estimate of drug-likeness (QED) is 0.365. The number of ketones is 1. The third-order valence-electron chi connectivity index (χ3n) is 4.17. The maximum atomic E-state index is 12.1. The van der Waals surface area contributed by atoms with Crippen LogP contribution in [0.1, 0.15) is 55.5 Å². The van der Waals surface area contributed by atoms with Crippen LogP contribution in [0.15, 0.2) is 44.5 Å². The number of carbonyl (C=O) groups excluding carboxylic acids is 1. The summed E-state index contributed by atoms with van der Waals surface area (Å²) in [7, 11) is 0. The zero-order chi connectivity index (χ0) is 20.5. The fraction of sp³-hybridized carbons (Fsp3) is 0.381. The van der Waals surface area contributed by atoms with Crippen molar-refractivity contribution in [2.75, 3.05) is 13.2 Å². The summed E-state index contributed by atoms with van der Waals surface area (Å²) in [6, 6.07) is 9.49. The number of benzene rings is 1. The first-order chi connectivity index (χ1) is 13.5. The smallest absolute Gasteiger partial charge is 0.351 e. The molecule has 7 nitrogen and oxygen atoms in total. The highest BCUT2D eigenvalue weighted by atomic mass is 16.5. The molecular formula is C21H25NO6. The molecule has 0 aliphatic heterocycles. The molecule has 0 bridgehead atoms. The van der Waals surface area contributed by atoms with E-state index in [-0.39, 0.29) is 17.5 Å². The van der Waals surface area contributed by atoms with Crippen LogP contribution in [0.2, 0.25) is 0 Å². The number of aliphatic imine (C=N–C) groups is 1. The molecule has 0 atom stereocenters. The van der Waals surface area contributed by atoms with Gasteiger partial charge in [-0.25, -0.2) is 4.79 Å². The average molecular weight is 387 g/mol. The predicted octanol–water partition coefficient (Wildman–Crippen LogP) is 3.70. The molecule has 0 amide bonds. The molecule has 1 heterocycles. The first-order valence-electron chi connectivity index (χ1n) is 9.33. The van der Waals surface area contributed by atoms with Crippen LogP contribution in [0.5, 0.6) is 17.4 Å². The first-order valence-corrected chi connectivity index (χ1v) is 9.33. The Balaban J connectivity index is 2.05. The molecule has 7 heteroatoms. The first kappa shape index (κ1) is 21.2. The van der Waals surface area contributed by atoms with Crippen molar-refractivity contribution in [2.45, 2.75) is 39.5 Å². The normalized spacial score (nSPS) is 11.4. The predicted molar refractivity (Wildman–Crippen MR) is 106 cm³/mol. The second-order valence-corrected chi connectivity index (χ2v) is 6.12. The molecule has 2 N–H and O–H groups in total. The van der Waals surface area contributed by atoms with Crippen molar-refractivity contribution in [3.63, 3.8) is 0 Å². The maximum absolute atomic E-state index is 12.1. The van der Waals surface area contributed by atoms with Crippen molar-refractivity contribution in [1.82, 2.24) is 0 Å². The minimum Gasteiger partial charge on any atom is -0.506 e. The highest BCUT2D eigenvalue weighted by Crippen LogP contribution is 2.30. The standard InChI is InChI=1S/C21H25NO6/c1-3-15(22-12-8-9-13-27-14-10-6-5-7-11-14)17-19(24)18(16(23)4-2)21(26)28-20(17)25/h5-7,10-11,24,26H,3-4,8-9,12-13H2,1-2H3. The summed E-state index contributed by atoms with van der Waals surface area (Å²) < 4.78 is 10.3. The molecule has 2 rings (SSSR count). The van der Waals surface area contributed by atoms with Gasteiger partial charge in [-0.3, -0.25) is 9.79 Å². The minimum atomic E-state index is -0.921. The Labute approximate surface area is 163 Å². The summed E-state index contributed by atoms with van der Waals surface area (Å²) in [6.45, 7) is 4.34. The van der Waals surface area contributed by atoms with E-state index in [4.69, 9.17) is 9.15 Å². The lowest BCUT2D eigenvalue weighted by Crippen LogP contribution is -2.17. The second kappa shape index (κ2) is 10.3. The molecule has 0 unspecified atom stereocenters. The van der Waals surface area contributed by atoms with Crippen LogP contribution < -0.4 is 10.4 Å². The minimum absolute atomic E-state index is 0.0499. The molecule has 28 heavy (non-hydrogen) atoms. The van der Waals surface area contributed by atoms with E-state index in [1.807, 2.05) is 30.3 Å². The molecule has 0 aliphatic carbocycles. The van der Waals surface area contributed by atoms with Gasteiger partial charge in [0.1, 0.15) is 22.6 Å². The van der Waals surface area contributed by atoms with Crippen molar-refractivity contribution in [1.29, 1.82) is 0 Å². The number of Topliss-reactive ketones (excluding diaryl/α,β-unsaturated/α-hetero) is 1. The third-order valence-corrected chi connectivity index (χ3v) is 4.17. The van der Waals surface area contributed by atoms with E-state index in [0.29, 0.717) is 25.3 Å². The van der Waals surface area contributed by atoms with E-state index in [2.05, 4.69) is 4.99 Å². The Morgan fingerprint density at radius 1 is 1.07 bits per heavy atom. The number of hydrogen-bond donors (Lipinski definition) is 2. The van der Waals surface area contributed by atoms with Crippen molar-refractivity contribution < 1.29 is 24.2 Å². The van der Waals surface area contributed by atoms with E-state index in [1.54, 1.807) is 13.8 Å². The van der Waals surface area contributed by atoms with Crippen LogP contribution >= 0.6 is 0 Å². The van der Waals surface area contributed by atoms with Gasteiger partial charge in [-0.05, 0) is 31.4 Å². The monoisotopic (exact) mass is 387 g/mol. The molecular weight excluding hydrogens is 362 g/mol. The number of para-hydroxylation sites is 1. The summed E-state index contributed by atoms with van der Waals surface area (Å²) in [6.07, 6.45) is 1.91. The van der Waals surface area contributed by atoms with Gasteiger partial charge in [0.15, 0.2) is 5.78 Å². The van der Waals surface area contributed by atoms with Gasteiger partial charge in [0, 0.05) is 13.0 Å². The Morgan fingerprint density at radius 3 is 2.43 bits per heavy atom. The van der Waals surface area contributed by atoms with Crippen LogP contribution in [0.3, 0.4) is 0 Å². The van der Waals surface area contributed by atoms with Crippen molar-refractivity contribution >= 4 is 11.5 Å². The Morgan fingerprint density at radius 2 is 1.79 bits per heavy atom. The molecule has 2 aromatic rings. The van der Waals surface area contributed by atoms with E-state index < -0.39 is 23.1 Å². The molecule has 150 valence electrons. The molecule has 0 radical (unpaired) electrons. The number of ether oxygens (including phenoxy) is 1. The zero-order valence-electron chi connectivity index (χ0n) is 16.1. The number of rotatable bonds is 10. The van der Waals surface area contributed by atoms with E-state index in [0.717, 1.165) is 18.6 Å². The summed E-state index contributed by atoms with van der Waals surface area (Å²) >= 11 is 0. The highest BCUT2D eigenvalue weighted by Gasteiger charge is 2.25. The Kier molecular flexibility index (Phi) is 7.80.